The molecule has 3 atom stereocenters. The number of nitrogens with one attached hydrogen (secondary N) is 4. The number of benzene rings is 2. The van der Waals surface area contributed by atoms with Gasteiger partial charge in [0.2, 0.25) is 17.7 Å². The summed E-state index contributed by atoms with van der Waals surface area (Å²) in [4.78, 5) is 75.2. The largest absolute Gasteiger partial charge is 0.481 e. The molecule has 262 valence electrons. The van der Waals surface area contributed by atoms with Crippen molar-refractivity contribution in [2.45, 2.75) is 64.3 Å². The second-order valence-electron chi connectivity index (χ2n) is 11.1. The van der Waals surface area contributed by atoms with Crippen molar-refractivity contribution in [2.24, 2.45) is 5.92 Å². The van der Waals surface area contributed by atoms with Gasteiger partial charge in [0.25, 0.3) is 0 Å². The van der Waals surface area contributed by atoms with E-state index in [2.05, 4.69) is 38.6 Å². The Bertz CT molecular complexity index is 1460. The molecule has 2 aromatic carbocycles. The number of carboxylic acid groups (broad SMARTS) is 1. The number of ether oxygens (including phenoxy) is 2. The number of aliphatic carboxylic acids is 1. The quantitative estimate of drug-likeness (QED) is 0.0986. The maximum Gasteiger partial charge on any atom is 0.408 e. The van der Waals surface area contributed by atoms with E-state index in [1.54, 1.807) is 30.3 Å². The van der Waals surface area contributed by atoms with Crippen LogP contribution in [0.1, 0.15) is 54.6 Å². The first-order valence-electron chi connectivity index (χ1n) is 15.0. The summed E-state index contributed by atoms with van der Waals surface area (Å²) < 4.78 is 9.87. The number of alkyl carbamates (subject to hydrolysis) is 1. The van der Waals surface area contributed by atoms with Gasteiger partial charge in [0, 0.05) is 28.8 Å². The first kappa shape index (κ1) is 40.2. The maximum atomic E-state index is 13.3. The number of carbonyl (C=O) groups is 6. The van der Waals surface area contributed by atoms with E-state index in [-0.39, 0.29) is 43.2 Å². The van der Waals surface area contributed by atoms with Gasteiger partial charge in [-0.25, -0.2) is 9.59 Å². The lowest BCUT2D eigenvalue weighted by Crippen LogP contribution is -2.57. The summed E-state index contributed by atoms with van der Waals surface area (Å²) >= 11 is 16.3. The highest BCUT2D eigenvalue weighted by molar-refractivity contribution is 7.80. The minimum absolute atomic E-state index is 0.0429. The van der Waals surface area contributed by atoms with Crippen LogP contribution in [0.4, 0.5) is 4.79 Å². The molecule has 16 heteroatoms. The van der Waals surface area contributed by atoms with Crippen LogP contribution in [-0.4, -0.2) is 78.4 Å². The fraction of sp³-hybridized carbons (Fsp3) is 0.438. The van der Waals surface area contributed by atoms with Crippen LogP contribution in [0.25, 0.3) is 0 Å². The number of amides is 4. The number of carbonyl (C=O) groups excluding carboxylic acids is 5. The van der Waals surface area contributed by atoms with E-state index in [1.807, 2.05) is 13.8 Å². The maximum absolute atomic E-state index is 13.3. The van der Waals surface area contributed by atoms with Crippen molar-refractivity contribution in [2.75, 3.05) is 19.4 Å². The summed E-state index contributed by atoms with van der Waals surface area (Å²) in [6.45, 7) is 3.60. The van der Waals surface area contributed by atoms with Crippen molar-refractivity contribution >= 4 is 71.6 Å². The molecule has 13 nitrogen and oxygen atoms in total. The van der Waals surface area contributed by atoms with E-state index in [4.69, 9.17) is 27.9 Å². The van der Waals surface area contributed by atoms with Gasteiger partial charge in [-0.05, 0) is 60.6 Å². The first-order valence-corrected chi connectivity index (χ1v) is 16.4. The van der Waals surface area contributed by atoms with Gasteiger partial charge in [0.05, 0.1) is 12.7 Å². The van der Waals surface area contributed by atoms with Crippen LogP contribution in [0.2, 0.25) is 10.0 Å². The molecule has 0 fully saturated rings. The summed E-state index contributed by atoms with van der Waals surface area (Å²) in [5, 5.41) is 20.4. The van der Waals surface area contributed by atoms with E-state index in [0.717, 1.165) is 5.56 Å². The second kappa shape index (κ2) is 20.4. The molecule has 5 N–H and O–H groups in total. The zero-order valence-electron chi connectivity index (χ0n) is 26.7. The number of hydrogen-bond donors (Lipinski definition) is 6. The SMILES string of the molecule is COC(=O)c1cccc(COC(=O)N[C@@H](CCC(=O)O)C(=O)N[C@@H](CC(C)C)C(=O)N[C@@H](CS)C(=O)NCCc2ccc(Cl)cc2Cl)c1. The molecule has 0 unspecified atom stereocenters. The summed E-state index contributed by atoms with van der Waals surface area (Å²) in [7, 11) is 1.23. The van der Waals surface area contributed by atoms with Crippen LogP contribution in [0, 0.1) is 5.92 Å². The van der Waals surface area contributed by atoms with Crippen LogP contribution in [0.3, 0.4) is 0 Å². The zero-order chi connectivity index (χ0) is 35.8. The van der Waals surface area contributed by atoms with E-state index in [0.29, 0.717) is 22.0 Å². The van der Waals surface area contributed by atoms with E-state index >= 15 is 0 Å². The molecule has 2 rings (SSSR count). The number of rotatable bonds is 18. The van der Waals surface area contributed by atoms with Crippen molar-refractivity contribution < 1.29 is 43.3 Å². The Labute approximate surface area is 294 Å². The lowest BCUT2D eigenvalue weighted by molar-refractivity contribution is -0.137. The van der Waals surface area contributed by atoms with Gasteiger partial charge in [-0.2, -0.15) is 12.6 Å². The highest BCUT2D eigenvalue weighted by Crippen LogP contribution is 2.21. The van der Waals surface area contributed by atoms with E-state index in [9.17, 15) is 33.9 Å². The average Bonchev–Trinajstić information content (AvgIpc) is 3.04. The molecule has 2 aromatic rings. The van der Waals surface area contributed by atoms with Gasteiger partial charge >= 0.3 is 18.0 Å². The summed E-state index contributed by atoms with van der Waals surface area (Å²) in [6, 6.07) is 7.66. The zero-order valence-corrected chi connectivity index (χ0v) is 29.1. The van der Waals surface area contributed by atoms with Gasteiger partial charge in [0.1, 0.15) is 24.7 Å². The predicted octanol–water partition coefficient (Wildman–Crippen LogP) is 3.54. The van der Waals surface area contributed by atoms with Crippen molar-refractivity contribution in [1.29, 1.82) is 0 Å². The number of carboxylic acids is 1. The van der Waals surface area contributed by atoms with Crippen LogP contribution in [0.5, 0.6) is 0 Å². The molecule has 0 saturated heterocycles. The molecule has 4 amide bonds. The van der Waals surface area contributed by atoms with Crippen LogP contribution in [-0.2, 0) is 41.7 Å². The second-order valence-corrected chi connectivity index (χ2v) is 12.3. The van der Waals surface area contributed by atoms with Gasteiger partial charge < -0.3 is 35.8 Å². The minimum atomic E-state index is -1.37. The standard InChI is InChI=1S/C32H40Cl2N4O9S/c1-18(2)13-25(30(43)37-26(17-48)28(41)35-12-11-20-7-8-22(33)15-23(20)34)36-29(42)24(9-10-27(39)40)38-32(45)47-16-19-5-4-6-21(14-19)31(44)46-3/h4-8,14-15,18,24-26,48H,9-13,16-17H2,1-3H3,(H,35,41)(H,36,42)(H,37,43)(H,38,45)(H,39,40)/t24-,25-,26-/m0/s1. The number of hydrogen-bond acceptors (Lipinski definition) is 9. The summed E-state index contributed by atoms with van der Waals surface area (Å²) in [5.74, 6) is -3.90. The highest BCUT2D eigenvalue weighted by Gasteiger charge is 2.30. The number of halogens is 2. The van der Waals surface area contributed by atoms with Gasteiger partial charge in [-0.3, -0.25) is 19.2 Å². The van der Waals surface area contributed by atoms with Crippen LogP contribution < -0.4 is 21.3 Å². The van der Waals surface area contributed by atoms with E-state index in [1.165, 1.54) is 19.2 Å². The number of esters is 1. The molecule has 48 heavy (non-hydrogen) atoms. The molecule has 0 spiro atoms. The van der Waals surface area contributed by atoms with Crippen molar-refractivity contribution in [1.82, 2.24) is 21.3 Å². The molecule has 0 bridgehead atoms. The fourth-order valence-electron chi connectivity index (χ4n) is 4.39. The number of methoxy groups -OCH3 is 1. The van der Waals surface area contributed by atoms with Gasteiger partial charge in [-0.15, -0.1) is 0 Å². The molecule has 0 aliphatic rings. The Hall–Kier alpha value is -4.01. The minimum Gasteiger partial charge on any atom is -0.481 e. The monoisotopic (exact) mass is 726 g/mol. The fourth-order valence-corrected chi connectivity index (χ4v) is 5.15. The molecular formula is C32H40Cl2N4O9S. The van der Waals surface area contributed by atoms with Crippen LogP contribution >= 0.6 is 35.8 Å². The Kier molecular flexibility index (Phi) is 17.1. The van der Waals surface area contributed by atoms with Gasteiger partial charge in [-0.1, -0.05) is 55.2 Å². The molecule has 0 aliphatic heterocycles. The normalized spacial score (nSPS) is 12.6. The molecule has 0 aliphatic carbocycles. The molecular weight excluding hydrogens is 687 g/mol. The lowest BCUT2D eigenvalue weighted by atomic mass is 10.0. The highest BCUT2D eigenvalue weighted by atomic mass is 35.5. The topological polar surface area (TPSA) is 189 Å². The number of thiol groups is 1. The average molecular weight is 728 g/mol. The van der Waals surface area contributed by atoms with Crippen LogP contribution in [0.15, 0.2) is 42.5 Å². The van der Waals surface area contributed by atoms with Crippen molar-refractivity contribution in [3.63, 3.8) is 0 Å². The summed E-state index contributed by atoms with van der Waals surface area (Å²) in [5.41, 5.74) is 1.48. The Balaban J connectivity index is 2.05. The Morgan fingerprint density at radius 1 is 0.896 bits per heavy atom. The molecule has 0 heterocycles. The van der Waals surface area contributed by atoms with Crippen molar-refractivity contribution in [3.8, 4) is 0 Å². The lowest BCUT2D eigenvalue weighted by Gasteiger charge is -2.25. The molecule has 0 saturated carbocycles. The third-order valence-electron chi connectivity index (χ3n) is 6.84. The molecule has 0 aromatic heterocycles. The third kappa shape index (κ3) is 14.0. The van der Waals surface area contributed by atoms with Gasteiger partial charge in [0.15, 0.2) is 0 Å². The molecule has 0 radical (unpaired) electrons. The van der Waals surface area contributed by atoms with Crippen molar-refractivity contribution in [3.05, 3.63) is 69.2 Å². The Morgan fingerprint density at radius 2 is 1.58 bits per heavy atom. The first-order chi connectivity index (χ1) is 22.7. The Morgan fingerprint density at radius 3 is 2.21 bits per heavy atom. The summed E-state index contributed by atoms with van der Waals surface area (Å²) in [6.07, 6.45) is -1.22. The van der Waals surface area contributed by atoms with E-state index < -0.39 is 60.3 Å². The smallest absolute Gasteiger partial charge is 0.408 e. The third-order valence-corrected chi connectivity index (χ3v) is 7.79. The predicted molar refractivity (Wildman–Crippen MR) is 182 cm³/mol.